The van der Waals surface area contributed by atoms with Crippen LogP contribution in [-0.4, -0.2) is 32.0 Å². The third-order valence-electron chi connectivity index (χ3n) is 1.63. The van der Waals surface area contributed by atoms with E-state index in [4.69, 9.17) is 0 Å². The molecule has 0 aliphatic rings. The van der Waals surface area contributed by atoms with E-state index in [1.54, 1.807) is 25.1 Å². The first-order valence-electron chi connectivity index (χ1n) is 4.09. The highest BCUT2D eigenvalue weighted by Gasteiger charge is 2.05. The van der Waals surface area contributed by atoms with Gasteiger partial charge in [0, 0.05) is 32.9 Å². The summed E-state index contributed by atoms with van der Waals surface area (Å²) in [5.74, 6) is 0.381. The normalized spacial score (nSPS) is 11.7. The third-order valence-corrected chi connectivity index (χ3v) is 1.63. The molecule has 0 heterocycles. The van der Waals surface area contributed by atoms with E-state index in [9.17, 15) is 4.79 Å². The molecule has 0 fully saturated rings. The molecule has 0 saturated heterocycles. The van der Waals surface area contributed by atoms with Gasteiger partial charge in [-0.25, -0.2) is 0 Å². The third kappa shape index (κ3) is 3.42. The zero-order valence-corrected chi connectivity index (χ0v) is 8.51. The van der Waals surface area contributed by atoms with Crippen molar-refractivity contribution in [2.45, 2.75) is 13.8 Å². The van der Waals surface area contributed by atoms with Crippen LogP contribution >= 0.6 is 0 Å². The van der Waals surface area contributed by atoms with Crippen LogP contribution in [0.5, 0.6) is 0 Å². The van der Waals surface area contributed by atoms with E-state index in [0.717, 1.165) is 5.70 Å². The highest BCUT2D eigenvalue weighted by Crippen LogP contribution is 2.04. The summed E-state index contributed by atoms with van der Waals surface area (Å²) in [7, 11) is 5.31. The van der Waals surface area contributed by atoms with Crippen molar-refractivity contribution in [1.82, 2.24) is 10.2 Å². The highest BCUT2D eigenvalue weighted by atomic mass is 16.2. The van der Waals surface area contributed by atoms with Crippen LogP contribution in [0.15, 0.2) is 11.8 Å². The lowest BCUT2D eigenvalue weighted by molar-refractivity contribution is -0.123. The number of nitrogens with zero attached hydrogens (tertiary/aromatic N) is 1. The maximum absolute atomic E-state index is 11.2. The van der Waals surface area contributed by atoms with Crippen LogP contribution in [-0.2, 0) is 4.79 Å². The van der Waals surface area contributed by atoms with E-state index in [0.29, 0.717) is 5.92 Å². The van der Waals surface area contributed by atoms with Gasteiger partial charge < -0.3 is 10.2 Å². The summed E-state index contributed by atoms with van der Waals surface area (Å²) in [6.07, 6.45) is 1.63. The Balaban J connectivity index is 4.38. The Morgan fingerprint density at radius 3 is 2.17 bits per heavy atom. The van der Waals surface area contributed by atoms with Crippen molar-refractivity contribution in [3.8, 4) is 0 Å². The average Bonchev–Trinajstić information content (AvgIpc) is 1.98. The zero-order chi connectivity index (χ0) is 9.72. The van der Waals surface area contributed by atoms with Crippen molar-refractivity contribution in [2.75, 3.05) is 21.1 Å². The minimum Gasteiger partial charge on any atom is -0.391 e. The highest BCUT2D eigenvalue weighted by molar-refractivity contribution is 5.87. The number of hydrogen-bond acceptors (Lipinski definition) is 2. The van der Waals surface area contributed by atoms with Crippen molar-refractivity contribution in [1.29, 1.82) is 0 Å². The lowest BCUT2D eigenvalue weighted by Gasteiger charge is -2.12. The quantitative estimate of drug-likeness (QED) is 0.636. The second-order valence-corrected chi connectivity index (χ2v) is 3.24. The molecule has 0 aromatic carbocycles. The summed E-state index contributed by atoms with van der Waals surface area (Å²) in [5, 5.41) is 3.00. The van der Waals surface area contributed by atoms with Gasteiger partial charge in [-0.3, -0.25) is 4.79 Å². The second kappa shape index (κ2) is 4.80. The number of hydrogen-bond donors (Lipinski definition) is 1. The fraction of sp³-hybridized carbons (Fsp3) is 0.667. The van der Waals surface area contributed by atoms with E-state index in [-0.39, 0.29) is 5.91 Å². The van der Waals surface area contributed by atoms with Crippen molar-refractivity contribution in [3.05, 3.63) is 11.8 Å². The molecule has 0 aromatic heterocycles. The average molecular weight is 170 g/mol. The van der Waals surface area contributed by atoms with Gasteiger partial charge in [-0.2, -0.15) is 0 Å². The first-order chi connectivity index (χ1) is 5.49. The Bertz CT molecular complexity index is 183. The van der Waals surface area contributed by atoms with E-state index in [1.165, 1.54) is 0 Å². The molecule has 0 aliphatic heterocycles. The lowest BCUT2D eigenvalue weighted by Crippen LogP contribution is -2.22. The van der Waals surface area contributed by atoms with Crippen LogP contribution in [0.1, 0.15) is 13.8 Å². The fourth-order valence-electron chi connectivity index (χ4n) is 0.790. The summed E-state index contributed by atoms with van der Waals surface area (Å²) < 4.78 is 0. The Labute approximate surface area is 74.4 Å². The Hall–Kier alpha value is -0.990. The van der Waals surface area contributed by atoms with Gasteiger partial charge in [0.05, 0.1) is 0 Å². The van der Waals surface area contributed by atoms with Gasteiger partial charge in [0.2, 0.25) is 5.91 Å². The predicted molar refractivity (Wildman–Crippen MR) is 50.7 cm³/mol. The molecule has 12 heavy (non-hydrogen) atoms. The summed E-state index contributed by atoms with van der Waals surface area (Å²) in [6.45, 7) is 4.09. The minimum absolute atomic E-state index is 0.0213. The van der Waals surface area contributed by atoms with Crippen LogP contribution in [0.25, 0.3) is 0 Å². The van der Waals surface area contributed by atoms with Gasteiger partial charge in [0.25, 0.3) is 0 Å². The smallest absolute Gasteiger partial charge is 0.247 e. The molecular weight excluding hydrogens is 152 g/mol. The maximum Gasteiger partial charge on any atom is 0.247 e. The largest absolute Gasteiger partial charge is 0.391 e. The molecule has 1 amide bonds. The van der Waals surface area contributed by atoms with Crippen LogP contribution in [0, 0.1) is 5.92 Å². The number of rotatable bonds is 3. The number of amides is 1. The zero-order valence-electron chi connectivity index (χ0n) is 8.51. The van der Waals surface area contributed by atoms with E-state index < -0.39 is 0 Å². The molecule has 1 N–H and O–H groups in total. The van der Waals surface area contributed by atoms with Crippen LogP contribution in [0.4, 0.5) is 0 Å². The van der Waals surface area contributed by atoms with Crippen molar-refractivity contribution in [2.24, 2.45) is 5.92 Å². The van der Waals surface area contributed by atoms with Crippen molar-refractivity contribution in [3.63, 3.8) is 0 Å². The van der Waals surface area contributed by atoms with Gasteiger partial charge in [0.15, 0.2) is 0 Å². The molecule has 0 saturated carbocycles. The fourth-order valence-corrected chi connectivity index (χ4v) is 0.790. The molecule has 0 unspecified atom stereocenters. The lowest BCUT2D eigenvalue weighted by atomic mass is 10.1. The number of nitrogens with one attached hydrogen (secondary N) is 1. The second-order valence-electron chi connectivity index (χ2n) is 3.24. The van der Waals surface area contributed by atoms with E-state index in [1.807, 2.05) is 20.9 Å². The molecule has 0 spiro atoms. The first kappa shape index (κ1) is 11.0. The Kier molecular flexibility index (Phi) is 4.40. The number of likely N-dealkylation sites (N-methyl/N-ethyl adjacent to an activating group) is 1. The van der Waals surface area contributed by atoms with Crippen molar-refractivity contribution >= 4 is 5.91 Å². The van der Waals surface area contributed by atoms with E-state index in [2.05, 4.69) is 5.32 Å². The van der Waals surface area contributed by atoms with Crippen molar-refractivity contribution < 1.29 is 4.79 Å². The molecule has 70 valence electrons. The molecule has 0 bridgehead atoms. The molecular formula is C9H18N2O. The van der Waals surface area contributed by atoms with Crippen LogP contribution < -0.4 is 5.32 Å². The predicted octanol–water partition coefficient (Wildman–Crippen LogP) is 0.834. The van der Waals surface area contributed by atoms with Crippen LogP contribution in [0.2, 0.25) is 0 Å². The van der Waals surface area contributed by atoms with Crippen LogP contribution in [0.3, 0.4) is 0 Å². The summed E-state index contributed by atoms with van der Waals surface area (Å²) in [6, 6.07) is 0. The van der Waals surface area contributed by atoms with E-state index >= 15 is 0 Å². The maximum atomic E-state index is 11.2. The number of carbonyl (C=O) groups is 1. The SMILES string of the molecule is CN/C(=C\C(=O)N(C)C)C(C)C. The van der Waals surface area contributed by atoms with Gasteiger partial charge >= 0.3 is 0 Å². The summed E-state index contributed by atoms with van der Waals surface area (Å²) >= 11 is 0. The number of allylic oxidation sites excluding steroid dienone is 1. The Morgan fingerprint density at radius 1 is 1.42 bits per heavy atom. The first-order valence-corrected chi connectivity index (χ1v) is 4.09. The van der Waals surface area contributed by atoms with Gasteiger partial charge in [-0.1, -0.05) is 13.8 Å². The van der Waals surface area contributed by atoms with Gasteiger partial charge in [-0.05, 0) is 5.92 Å². The molecule has 0 atom stereocenters. The summed E-state index contributed by atoms with van der Waals surface area (Å²) in [4.78, 5) is 12.8. The van der Waals surface area contributed by atoms with Gasteiger partial charge in [0.1, 0.15) is 0 Å². The monoisotopic (exact) mass is 170 g/mol. The molecule has 0 radical (unpaired) electrons. The topological polar surface area (TPSA) is 32.3 Å². The molecule has 3 heteroatoms. The number of carbonyl (C=O) groups excluding carboxylic acids is 1. The minimum atomic E-state index is 0.0213. The molecule has 0 aromatic rings. The van der Waals surface area contributed by atoms with Gasteiger partial charge in [-0.15, -0.1) is 0 Å². The molecule has 3 nitrogen and oxygen atoms in total. The molecule has 0 aliphatic carbocycles. The Morgan fingerprint density at radius 2 is 1.92 bits per heavy atom. The molecule has 0 rings (SSSR count). The standard InChI is InChI=1S/C9H18N2O/c1-7(2)8(10-3)6-9(12)11(4)5/h6-7,10H,1-5H3/b8-6-. The summed E-state index contributed by atoms with van der Waals surface area (Å²) in [5.41, 5.74) is 0.966.